The molecule has 0 bridgehead atoms. The Balaban J connectivity index is 2.08. The number of ketones is 2. The minimum absolute atomic E-state index is 0.0712. The summed E-state index contributed by atoms with van der Waals surface area (Å²) >= 11 is 0. The van der Waals surface area contributed by atoms with Crippen molar-refractivity contribution in [1.82, 2.24) is 9.97 Å². The maximum Gasteiger partial charge on any atom is 0.375 e. The van der Waals surface area contributed by atoms with Crippen LogP contribution in [0.1, 0.15) is 11.6 Å². The van der Waals surface area contributed by atoms with Crippen LogP contribution in [0.4, 0.5) is 17.1 Å². The van der Waals surface area contributed by atoms with Crippen LogP contribution in [0.5, 0.6) is 5.75 Å². The number of nitro benzene ring substituents is 2. The number of aromatic amines is 1. The summed E-state index contributed by atoms with van der Waals surface area (Å²) in [6.07, 6.45) is 0. The summed E-state index contributed by atoms with van der Waals surface area (Å²) in [6, 6.07) is 6.39. The number of carbonyl (C=O) groups is 4. The lowest BCUT2D eigenvalue weighted by atomic mass is 9.94. The van der Waals surface area contributed by atoms with Gasteiger partial charge in [0.15, 0.2) is 0 Å². The van der Waals surface area contributed by atoms with Crippen molar-refractivity contribution in [1.29, 1.82) is 0 Å². The van der Waals surface area contributed by atoms with Crippen LogP contribution in [0.2, 0.25) is 0 Å². The van der Waals surface area contributed by atoms with Crippen LogP contribution in [-0.2, 0) is 23.9 Å². The van der Waals surface area contributed by atoms with Crippen molar-refractivity contribution in [3.63, 3.8) is 0 Å². The molecule has 16 nitrogen and oxygen atoms in total. The maximum absolute atomic E-state index is 13.0. The Bertz CT molecular complexity index is 1550. The number of hydrogen-bond donors (Lipinski definition) is 2. The first-order valence-electron chi connectivity index (χ1n) is 9.96. The minimum atomic E-state index is -2.40. The van der Waals surface area contributed by atoms with Gasteiger partial charge in [-0.3, -0.25) is 39.4 Å². The number of rotatable bonds is 9. The predicted molar refractivity (Wildman–Crippen MR) is 122 cm³/mol. The number of ether oxygens (including phenoxy) is 2. The van der Waals surface area contributed by atoms with Crippen molar-refractivity contribution in [2.45, 2.75) is 5.92 Å². The van der Waals surface area contributed by atoms with Gasteiger partial charge in [0.05, 0.1) is 41.2 Å². The molecule has 0 fully saturated rings. The molecular weight excluding hydrogens is 498 g/mol. The van der Waals surface area contributed by atoms with Crippen LogP contribution in [0.15, 0.2) is 41.2 Å². The van der Waals surface area contributed by atoms with Crippen LogP contribution in [0.3, 0.4) is 0 Å². The van der Waals surface area contributed by atoms with Gasteiger partial charge in [0, 0.05) is 12.1 Å². The van der Waals surface area contributed by atoms with Crippen molar-refractivity contribution in [2.24, 2.45) is 0 Å². The van der Waals surface area contributed by atoms with Gasteiger partial charge in [-0.15, -0.1) is 0 Å². The average Bonchev–Trinajstić information content (AvgIpc) is 2.87. The lowest BCUT2D eigenvalue weighted by molar-refractivity contribution is -0.384. The Labute approximate surface area is 204 Å². The van der Waals surface area contributed by atoms with Crippen molar-refractivity contribution in [3.8, 4) is 5.75 Å². The van der Waals surface area contributed by atoms with Gasteiger partial charge in [-0.25, -0.2) is 9.78 Å². The second-order valence-electron chi connectivity index (χ2n) is 7.16. The summed E-state index contributed by atoms with van der Waals surface area (Å²) in [6.45, 7) is 0. The molecule has 0 aliphatic rings. The zero-order valence-electron chi connectivity index (χ0n) is 18.9. The van der Waals surface area contributed by atoms with E-state index in [1.54, 1.807) is 0 Å². The first-order valence-corrected chi connectivity index (χ1v) is 9.96. The fraction of sp³-hybridized carbons (Fsp3) is 0.143. The van der Waals surface area contributed by atoms with Crippen LogP contribution < -0.4 is 15.6 Å². The monoisotopic (exact) mass is 513 g/mol. The average molecular weight is 513 g/mol. The topological polar surface area (TPSA) is 231 Å². The second-order valence-corrected chi connectivity index (χ2v) is 7.16. The third-order valence-corrected chi connectivity index (χ3v) is 4.97. The number of H-pyrrole nitrogens is 1. The number of fused-ring (bicyclic) bond motifs is 1. The summed E-state index contributed by atoms with van der Waals surface area (Å²) in [5, 5.41) is 24.3. The first-order chi connectivity index (χ1) is 17.5. The number of amides is 1. The number of Topliss-reactive ketones (excluding diaryl/α,β-unsaturated/α-hetero) is 2. The molecule has 2 N–H and O–H groups in total. The normalized spacial score (nSPS) is 11.3. The van der Waals surface area contributed by atoms with E-state index < -0.39 is 67.5 Å². The largest absolute Gasteiger partial charge is 0.496 e. The SMILES string of the molecule is COC(=O)C(=O)[C@@H](C(=O)C(=O)Nc1ccc(OC)cc1[N+](=O)[O-])c1nc2ccc([N+](=O)[O-])cc2[nH]c1=O. The number of benzene rings is 2. The number of methoxy groups -OCH3 is 2. The summed E-state index contributed by atoms with van der Waals surface area (Å²) in [4.78, 5) is 89.9. The van der Waals surface area contributed by atoms with E-state index in [2.05, 4.69) is 14.7 Å². The molecule has 0 radical (unpaired) electrons. The first kappa shape index (κ1) is 26.1. The number of nitrogens with one attached hydrogen (secondary N) is 2. The fourth-order valence-electron chi connectivity index (χ4n) is 3.19. The molecule has 16 heteroatoms. The molecule has 0 spiro atoms. The molecule has 1 amide bonds. The van der Waals surface area contributed by atoms with Crippen molar-refractivity contribution >= 4 is 51.5 Å². The zero-order valence-corrected chi connectivity index (χ0v) is 18.9. The van der Waals surface area contributed by atoms with Gasteiger partial charge in [-0.2, -0.15) is 0 Å². The molecule has 3 aromatic rings. The van der Waals surface area contributed by atoms with Crippen LogP contribution >= 0.6 is 0 Å². The highest BCUT2D eigenvalue weighted by Gasteiger charge is 2.41. The molecule has 1 heterocycles. The fourth-order valence-corrected chi connectivity index (χ4v) is 3.19. The van der Waals surface area contributed by atoms with E-state index >= 15 is 0 Å². The smallest absolute Gasteiger partial charge is 0.375 e. The van der Waals surface area contributed by atoms with Crippen LogP contribution in [-0.4, -0.2) is 57.5 Å². The zero-order chi connectivity index (χ0) is 27.4. The number of aromatic nitrogens is 2. The Morgan fingerprint density at radius 2 is 1.70 bits per heavy atom. The highest BCUT2D eigenvalue weighted by molar-refractivity contribution is 6.52. The Morgan fingerprint density at radius 1 is 1.00 bits per heavy atom. The van der Waals surface area contributed by atoms with Gasteiger partial charge >= 0.3 is 5.97 Å². The molecule has 0 aliphatic carbocycles. The number of non-ortho nitro benzene ring substituents is 1. The molecular formula is C21H15N5O11. The molecule has 190 valence electrons. The summed E-state index contributed by atoms with van der Waals surface area (Å²) < 4.78 is 9.20. The quantitative estimate of drug-likeness (QED) is 0.133. The molecule has 1 atom stereocenters. The van der Waals surface area contributed by atoms with Gasteiger partial charge in [0.25, 0.3) is 28.6 Å². The van der Waals surface area contributed by atoms with Crippen molar-refractivity contribution in [3.05, 3.63) is 72.7 Å². The predicted octanol–water partition coefficient (Wildman–Crippen LogP) is 0.782. The number of esters is 1. The highest BCUT2D eigenvalue weighted by Crippen LogP contribution is 2.29. The van der Waals surface area contributed by atoms with E-state index in [4.69, 9.17) is 4.74 Å². The third-order valence-electron chi connectivity index (χ3n) is 4.97. The summed E-state index contributed by atoms with van der Waals surface area (Å²) in [5.74, 6) is -8.76. The highest BCUT2D eigenvalue weighted by atomic mass is 16.6. The molecule has 0 aliphatic heterocycles. The van der Waals surface area contributed by atoms with Crippen LogP contribution in [0.25, 0.3) is 11.0 Å². The van der Waals surface area contributed by atoms with Crippen LogP contribution in [0, 0.1) is 20.2 Å². The molecule has 2 aromatic carbocycles. The number of hydrogen-bond acceptors (Lipinski definition) is 12. The lowest BCUT2D eigenvalue weighted by Crippen LogP contribution is -2.39. The molecule has 37 heavy (non-hydrogen) atoms. The van der Waals surface area contributed by atoms with E-state index in [0.717, 1.165) is 37.4 Å². The van der Waals surface area contributed by atoms with Gasteiger partial charge in [0.1, 0.15) is 23.0 Å². The minimum Gasteiger partial charge on any atom is -0.496 e. The van der Waals surface area contributed by atoms with Crippen molar-refractivity contribution < 1.29 is 38.5 Å². The number of carbonyl (C=O) groups excluding carboxylic acids is 4. The molecule has 3 rings (SSSR count). The molecule has 0 saturated carbocycles. The van der Waals surface area contributed by atoms with Crippen molar-refractivity contribution in [2.75, 3.05) is 19.5 Å². The number of nitrogens with zero attached hydrogens (tertiary/aromatic N) is 3. The summed E-state index contributed by atoms with van der Waals surface area (Å²) in [7, 11) is 2.07. The van der Waals surface area contributed by atoms with Gasteiger partial charge < -0.3 is 19.8 Å². The van der Waals surface area contributed by atoms with E-state index in [1.165, 1.54) is 13.2 Å². The van der Waals surface area contributed by atoms with E-state index in [-0.39, 0.29) is 16.8 Å². The van der Waals surface area contributed by atoms with Gasteiger partial charge in [-0.05, 0) is 18.2 Å². The Hall–Kier alpha value is -5.54. The third kappa shape index (κ3) is 5.26. The number of anilines is 1. The Kier molecular flexibility index (Phi) is 7.32. The number of nitro groups is 2. The van der Waals surface area contributed by atoms with E-state index in [0.29, 0.717) is 0 Å². The standard InChI is InChI=1S/C21H15N5O11/c1-36-10-4-6-12(14(8-10)26(34)35)23-20(30)17(27)15(18(28)21(31)37-2)16-19(29)24-13-7-9(25(32)33)3-5-11(13)22-16/h3-8,15H,1-2H3,(H,23,30)(H,24,29)/t15-/m1/s1. The molecule has 0 saturated heterocycles. The van der Waals surface area contributed by atoms with E-state index in [9.17, 15) is 44.2 Å². The van der Waals surface area contributed by atoms with Gasteiger partial charge in [0.2, 0.25) is 5.78 Å². The van der Waals surface area contributed by atoms with E-state index in [1.807, 2.05) is 5.32 Å². The summed E-state index contributed by atoms with van der Waals surface area (Å²) in [5.41, 5.74) is -3.80. The lowest BCUT2D eigenvalue weighted by Gasteiger charge is -2.13. The van der Waals surface area contributed by atoms with Gasteiger partial charge in [-0.1, -0.05) is 0 Å². The Morgan fingerprint density at radius 3 is 2.30 bits per heavy atom. The molecule has 1 aromatic heterocycles. The molecule has 0 unspecified atom stereocenters. The maximum atomic E-state index is 13.0. The second kappa shape index (κ2) is 10.4.